The SMILES string of the molecule is CN(c1ccc(N)c2ccncc12)C(C)(C)CO. The van der Waals surface area contributed by atoms with Gasteiger partial charge in [-0.05, 0) is 32.0 Å². The fraction of sp³-hybridized carbons (Fsp3) is 0.357. The topological polar surface area (TPSA) is 62.4 Å². The predicted octanol–water partition coefficient (Wildman–Crippen LogP) is 2.02. The normalized spacial score (nSPS) is 11.8. The molecule has 18 heavy (non-hydrogen) atoms. The van der Waals surface area contributed by atoms with Gasteiger partial charge in [-0.1, -0.05) is 0 Å². The number of aromatic nitrogens is 1. The van der Waals surface area contributed by atoms with Crippen molar-refractivity contribution < 1.29 is 5.11 Å². The van der Waals surface area contributed by atoms with E-state index in [4.69, 9.17) is 5.73 Å². The molecule has 0 bridgehead atoms. The van der Waals surface area contributed by atoms with Crippen molar-refractivity contribution in [1.82, 2.24) is 4.98 Å². The number of benzene rings is 1. The van der Waals surface area contributed by atoms with Crippen LogP contribution in [-0.2, 0) is 0 Å². The molecular weight excluding hydrogens is 226 g/mol. The predicted molar refractivity (Wildman–Crippen MR) is 75.7 cm³/mol. The highest BCUT2D eigenvalue weighted by atomic mass is 16.3. The van der Waals surface area contributed by atoms with Crippen LogP contribution in [0.15, 0.2) is 30.6 Å². The third kappa shape index (κ3) is 1.99. The number of rotatable bonds is 3. The molecule has 1 aromatic heterocycles. The van der Waals surface area contributed by atoms with E-state index in [1.54, 1.807) is 6.20 Å². The maximum absolute atomic E-state index is 9.47. The molecule has 2 rings (SSSR count). The van der Waals surface area contributed by atoms with Crippen LogP contribution in [0, 0.1) is 0 Å². The van der Waals surface area contributed by atoms with Gasteiger partial charge in [0.1, 0.15) is 0 Å². The maximum Gasteiger partial charge on any atom is 0.0658 e. The lowest BCUT2D eigenvalue weighted by atomic mass is 10.0. The van der Waals surface area contributed by atoms with E-state index >= 15 is 0 Å². The molecule has 0 aliphatic carbocycles. The zero-order valence-corrected chi connectivity index (χ0v) is 11.0. The summed E-state index contributed by atoms with van der Waals surface area (Å²) < 4.78 is 0. The number of nitrogens with two attached hydrogens (primary N) is 1. The van der Waals surface area contributed by atoms with Crippen LogP contribution in [0.5, 0.6) is 0 Å². The summed E-state index contributed by atoms with van der Waals surface area (Å²) in [6.07, 6.45) is 3.55. The van der Waals surface area contributed by atoms with Gasteiger partial charge in [0.15, 0.2) is 0 Å². The Labute approximate surface area is 107 Å². The first kappa shape index (κ1) is 12.6. The van der Waals surface area contributed by atoms with Gasteiger partial charge in [-0.15, -0.1) is 0 Å². The molecule has 0 aliphatic heterocycles. The van der Waals surface area contributed by atoms with Crippen LogP contribution in [0.1, 0.15) is 13.8 Å². The number of nitrogen functional groups attached to an aromatic ring is 1. The van der Waals surface area contributed by atoms with Crippen molar-refractivity contribution in [3.8, 4) is 0 Å². The molecule has 0 amide bonds. The Balaban J connectivity index is 2.62. The van der Waals surface area contributed by atoms with Crippen molar-refractivity contribution in [2.75, 3.05) is 24.3 Å². The number of nitrogens with zero attached hydrogens (tertiary/aromatic N) is 2. The molecule has 0 aliphatic rings. The van der Waals surface area contributed by atoms with Crippen molar-refractivity contribution in [2.45, 2.75) is 19.4 Å². The molecule has 3 N–H and O–H groups in total. The van der Waals surface area contributed by atoms with E-state index < -0.39 is 0 Å². The fourth-order valence-corrected chi connectivity index (χ4v) is 1.92. The van der Waals surface area contributed by atoms with Crippen LogP contribution in [0.3, 0.4) is 0 Å². The van der Waals surface area contributed by atoms with Gasteiger partial charge < -0.3 is 15.7 Å². The van der Waals surface area contributed by atoms with Crippen molar-refractivity contribution in [3.05, 3.63) is 30.6 Å². The van der Waals surface area contributed by atoms with Crippen molar-refractivity contribution >= 4 is 22.1 Å². The lowest BCUT2D eigenvalue weighted by molar-refractivity contribution is 0.216. The minimum Gasteiger partial charge on any atom is -0.398 e. The van der Waals surface area contributed by atoms with Crippen LogP contribution in [-0.4, -0.2) is 29.3 Å². The van der Waals surface area contributed by atoms with Gasteiger partial charge in [0.2, 0.25) is 0 Å². The van der Waals surface area contributed by atoms with Crippen LogP contribution in [0.4, 0.5) is 11.4 Å². The molecule has 1 heterocycles. The highest BCUT2D eigenvalue weighted by molar-refractivity contribution is 6.00. The highest BCUT2D eigenvalue weighted by Gasteiger charge is 2.24. The molecule has 1 aromatic carbocycles. The van der Waals surface area contributed by atoms with Crippen LogP contribution < -0.4 is 10.6 Å². The molecule has 0 saturated carbocycles. The molecule has 96 valence electrons. The highest BCUT2D eigenvalue weighted by Crippen LogP contribution is 2.32. The average molecular weight is 245 g/mol. The van der Waals surface area contributed by atoms with E-state index in [9.17, 15) is 5.11 Å². The number of hydrogen-bond donors (Lipinski definition) is 2. The second kappa shape index (κ2) is 4.46. The monoisotopic (exact) mass is 245 g/mol. The average Bonchev–Trinajstić information content (AvgIpc) is 2.39. The van der Waals surface area contributed by atoms with Crippen LogP contribution in [0.2, 0.25) is 0 Å². The molecule has 0 spiro atoms. The molecule has 4 heteroatoms. The minimum atomic E-state index is -0.334. The number of likely N-dealkylation sites (N-methyl/N-ethyl adjacent to an activating group) is 1. The van der Waals surface area contributed by atoms with Crippen molar-refractivity contribution in [3.63, 3.8) is 0 Å². The zero-order chi connectivity index (χ0) is 13.3. The van der Waals surface area contributed by atoms with Crippen LogP contribution >= 0.6 is 0 Å². The molecule has 4 nitrogen and oxygen atoms in total. The van der Waals surface area contributed by atoms with E-state index in [1.807, 2.05) is 45.3 Å². The Kier molecular flexibility index (Phi) is 3.13. The van der Waals surface area contributed by atoms with E-state index in [0.29, 0.717) is 0 Å². The Morgan fingerprint density at radius 3 is 2.67 bits per heavy atom. The van der Waals surface area contributed by atoms with E-state index in [1.165, 1.54) is 0 Å². The third-order valence-electron chi connectivity index (χ3n) is 3.49. The van der Waals surface area contributed by atoms with E-state index in [-0.39, 0.29) is 12.1 Å². The number of hydrogen-bond acceptors (Lipinski definition) is 4. The van der Waals surface area contributed by atoms with Crippen molar-refractivity contribution in [2.24, 2.45) is 0 Å². The Hall–Kier alpha value is -1.81. The standard InChI is InChI=1S/C14H19N3O/c1-14(2,9-18)17(3)13-5-4-12(15)10-6-7-16-8-11(10)13/h4-8,18H,9,15H2,1-3H3. The van der Waals surface area contributed by atoms with Gasteiger partial charge in [-0.25, -0.2) is 0 Å². The summed E-state index contributed by atoms with van der Waals surface area (Å²) in [5.41, 5.74) is 7.40. The summed E-state index contributed by atoms with van der Waals surface area (Å²) in [5.74, 6) is 0. The third-order valence-corrected chi connectivity index (χ3v) is 3.49. The Morgan fingerprint density at radius 1 is 1.28 bits per heavy atom. The molecule has 0 unspecified atom stereocenters. The largest absolute Gasteiger partial charge is 0.398 e. The van der Waals surface area contributed by atoms with Crippen molar-refractivity contribution in [1.29, 1.82) is 0 Å². The lowest BCUT2D eigenvalue weighted by Gasteiger charge is -2.36. The summed E-state index contributed by atoms with van der Waals surface area (Å²) in [7, 11) is 1.97. The second-order valence-corrected chi connectivity index (χ2v) is 5.12. The number of anilines is 2. The molecule has 0 fully saturated rings. The quantitative estimate of drug-likeness (QED) is 0.812. The molecule has 0 saturated heterocycles. The molecular formula is C14H19N3O. The number of pyridine rings is 1. The van der Waals surface area contributed by atoms with Gasteiger partial charge in [0.25, 0.3) is 0 Å². The first-order chi connectivity index (χ1) is 8.47. The first-order valence-electron chi connectivity index (χ1n) is 5.94. The Bertz CT molecular complexity index is 566. The van der Waals surface area contributed by atoms with Gasteiger partial charge in [0.05, 0.1) is 12.1 Å². The Morgan fingerprint density at radius 2 is 2.00 bits per heavy atom. The lowest BCUT2D eigenvalue weighted by Crippen LogP contribution is -2.44. The minimum absolute atomic E-state index is 0.0790. The smallest absolute Gasteiger partial charge is 0.0658 e. The summed E-state index contributed by atoms with van der Waals surface area (Å²) in [6, 6.07) is 5.77. The van der Waals surface area contributed by atoms with Crippen LogP contribution in [0.25, 0.3) is 10.8 Å². The maximum atomic E-state index is 9.47. The fourth-order valence-electron chi connectivity index (χ4n) is 1.92. The number of aliphatic hydroxyl groups excluding tert-OH is 1. The number of fused-ring (bicyclic) bond motifs is 1. The van der Waals surface area contributed by atoms with Gasteiger partial charge in [-0.3, -0.25) is 4.98 Å². The molecule has 0 radical (unpaired) electrons. The summed E-state index contributed by atoms with van der Waals surface area (Å²) in [6.45, 7) is 4.06. The van der Waals surface area contributed by atoms with E-state index in [0.717, 1.165) is 22.1 Å². The second-order valence-electron chi connectivity index (χ2n) is 5.12. The van der Waals surface area contributed by atoms with Gasteiger partial charge in [0, 0.05) is 41.6 Å². The summed E-state index contributed by atoms with van der Waals surface area (Å²) in [5, 5.41) is 11.5. The van der Waals surface area contributed by atoms with E-state index in [2.05, 4.69) is 9.88 Å². The summed E-state index contributed by atoms with van der Waals surface area (Å²) >= 11 is 0. The summed E-state index contributed by atoms with van der Waals surface area (Å²) in [4.78, 5) is 6.21. The van der Waals surface area contributed by atoms with Gasteiger partial charge in [-0.2, -0.15) is 0 Å². The zero-order valence-electron chi connectivity index (χ0n) is 11.0. The molecule has 2 aromatic rings. The number of aliphatic hydroxyl groups is 1. The molecule has 0 atom stereocenters. The first-order valence-corrected chi connectivity index (χ1v) is 5.94. The van der Waals surface area contributed by atoms with Gasteiger partial charge >= 0.3 is 0 Å².